The summed E-state index contributed by atoms with van der Waals surface area (Å²) in [7, 11) is -3.95. The summed E-state index contributed by atoms with van der Waals surface area (Å²) in [6, 6.07) is 27.9. The van der Waals surface area contributed by atoms with Gasteiger partial charge in [-0.15, -0.1) is 0 Å². The van der Waals surface area contributed by atoms with Crippen LogP contribution in [0.3, 0.4) is 0 Å². The van der Waals surface area contributed by atoms with Crippen LogP contribution in [0.4, 0.5) is 52.7 Å². The van der Waals surface area contributed by atoms with Gasteiger partial charge in [-0.3, -0.25) is 0 Å². The fraction of sp³-hybridized carbons (Fsp3) is 0.130. The van der Waals surface area contributed by atoms with Gasteiger partial charge in [-0.05, 0) is 147 Å². The summed E-state index contributed by atoms with van der Waals surface area (Å²) in [5, 5.41) is 1.53. The summed E-state index contributed by atoms with van der Waals surface area (Å²) in [4.78, 5) is 0. The first kappa shape index (κ1) is 48.7. The summed E-state index contributed by atoms with van der Waals surface area (Å²) in [5.74, 6) is 0.878. The van der Waals surface area contributed by atoms with E-state index in [1.807, 2.05) is 111 Å². The van der Waals surface area contributed by atoms with Crippen LogP contribution in [0.2, 0.25) is 0 Å². The molecule has 0 heterocycles. The minimum atomic E-state index is -5.32. The molecule has 0 saturated heterocycles. The molecule has 5 aromatic rings. The SMILES string of the molecule is C[C@@H]([C]1[CH][CH][C](c2ccccc2P(c2ccccc2)c2ccccc2)[CH]1)P(c1cc(C(F)(F)F)cc(C(F)(F)F)c1)c1cc(C(F)(F)F)cc(C(F)(F)F)c1.[CH]1[CH][CH][CH][CH]1.[Fe+2]. The first-order chi connectivity index (χ1) is 28.2. The van der Waals surface area contributed by atoms with Gasteiger partial charge in [-0.25, -0.2) is 0 Å². The second kappa shape index (κ2) is 20.0. The Kier molecular flexibility index (Phi) is 16.0. The van der Waals surface area contributed by atoms with E-state index in [1.165, 1.54) is 13.3 Å². The van der Waals surface area contributed by atoms with Crippen molar-refractivity contribution in [2.75, 3.05) is 0 Å². The van der Waals surface area contributed by atoms with Gasteiger partial charge in [0.2, 0.25) is 0 Å². The largest absolute Gasteiger partial charge is 2.00 e. The summed E-state index contributed by atoms with van der Waals surface area (Å²) < 4.78 is 169. The third-order valence-corrected chi connectivity index (χ3v) is 14.6. The van der Waals surface area contributed by atoms with E-state index in [9.17, 15) is 52.7 Å². The van der Waals surface area contributed by atoms with Gasteiger partial charge < -0.3 is 0 Å². The van der Waals surface area contributed by atoms with Crippen LogP contribution in [0.1, 0.15) is 34.7 Å². The Balaban J connectivity index is 0.00000109. The molecule has 0 bridgehead atoms. The quantitative estimate of drug-likeness (QED) is 0.0826. The Morgan fingerprint density at radius 2 is 0.787 bits per heavy atom. The summed E-state index contributed by atoms with van der Waals surface area (Å²) in [6.45, 7) is 1.37. The van der Waals surface area contributed by atoms with E-state index in [1.54, 1.807) is 18.9 Å². The molecule has 0 amide bonds. The number of halogens is 12. The predicted octanol–water partition coefficient (Wildman–Crippen LogP) is 12.2. The summed E-state index contributed by atoms with van der Waals surface area (Å²) >= 11 is 0. The van der Waals surface area contributed by atoms with E-state index >= 15 is 0 Å². The molecule has 2 aliphatic rings. The van der Waals surface area contributed by atoms with Crippen molar-refractivity contribution in [1.29, 1.82) is 0 Å². The summed E-state index contributed by atoms with van der Waals surface area (Å²) in [6.07, 6.45) is -6.45. The summed E-state index contributed by atoms with van der Waals surface area (Å²) in [5.41, 5.74) is -7.41. The van der Waals surface area contributed by atoms with Gasteiger partial charge in [-0.1, -0.05) is 91.9 Å². The third-order valence-electron chi connectivity index (χ3n) is 9.39. The van der Waals surface area contributed by atoms with Gasteiger partial charge in [0.05, 0.1) is 22.3 Å². The molecule has 1 atom stereocenters. The molecular formula is C46H32F12FeP2+2. The fourth-order valence-electron chi connectivity index (χ4n) is 6.60. The second-order valence-electron chi connectivity index (χ2n) is 13.5. The Labute approximate surface area is 360 Å². The van der Waals surface area contributed by atoms with Gasteiger partial charge in [0.15, 0.2) is 0 Å². The molecule has 7 rings (SSSR count). The number of rotatable bonds is 8. The molecule has 15 heteroatoms. The van der Waals surface area contributed by atoms with Crippen LogP contribution >= 0.6 is 15.8 Å². The first-order valence-corrected chi connectivity index (χ1v) is 20.8. The van der Waals surface area contributed by atoms with Crippen molar-refractivity contribution in [3.05, 3.63) is 212 Å². The van der Waals surface area contributed by atoms with Crippen molar-refractivity contribution < 1.29 is 69.8 Å². The zero-order valence-corrected chi connectivity index (χ0v) is 34.4. The van der Waals surface area contributed by atoms with Gasteiger partial charge >= 0.3 is 41.8 Å². The molecule has 0 aromatic heterocycles. The molecular weight excluding hydrogens is 898 g/mol. The van der Waals surface area contributed by atoms with Crippen molar-refractivity contribution in [3.8, 4) is 0 Å². The monoisotopic (exact) mass is 930 g/mol. The van der Waals surface area contributed by atoms with Gasteiger partial charge in [0, 0.05) is 5.92 Å². The van der Waals surface area contributed by atoms with Gasteiger partial charge in [0.25, 0.3) is 0 Å². The maximum Gasteiger partial charge on any atom is 2.00 e. The van der Waals surface area contributed by atoms with Gasteiger partial charge in [-0.2, -0.15) is 52.7 Å². The molecule has 316 valence electrons. The molecule has 61 heavy (non-hydrogen) atoms. The van der Waals surface area contributed by atoms with Crippen molar-refractivity contribution >= 4 is 42.4 Å². The van der Waals surface area contributed by atoms with Crippen molar-refractivity contribution in [2.24, 2.45) is 0 Å². The van der Waals surface area contributed by atoms with Crippen molar-refractivity contribution in [2.45, 2.75) is 37.3 Å². The topological polar surface area (TPSA) is 0 Å². The Hall–Kier alpha value is -3.36. The van der Waals surface area contributed by atoms with Crippen LogP contribution in [-0.4, -0.2) is 5.66 Å². The molecule has 2 aliphatic carbocycles. The minimum absolute atomic E-state index is 0. The molecule has 0 spiro atoms. The molecule has 5 aromatic carbocycles. The normalized spacial score (nSPS) is 16.0. The van der Waals surface area contributed by atoms with Crippen LogP contribution in [0.25, 0.3) is 0 Å². The van der Waals surface area contributed by atoms with Gasteiger partial charge in [0.1, 0.15) is 0 Å². The van der Waals surface area contributed by atoms with E-state index in [0.29, 0.717) is 30.2 Å². The molecule has 0 unspecified atom stereocenters. The van der Waals surface area contributed by atoms with Crippen LogP contribution in [0.15, 0.2) is 121 Å². The number of hydrogen-bond acceptors (Lipinski definition) is 0. The molecule has 0 aliphatic heterocycles. The fourth-order valence-corrected chi connectivity index (χ4v) is 11.8. The van der Waals surface area contributed by atoms with E-state index in [0.717, 1.165) is 21.5 Å². The third kappa shape index (κ3) is 12.2. The second-order valence-corrected chi connectivity index (χ2v) is 18.2. The van der Waals surface area contributed by atoms with E-state index in [2.05, 4.69) is 0 Å². The molecule has 0 N–H and O–H groups in total. The van der Waals surface area contributed by atoms with Crippen molar-refractivity contribution in [1.82, 2.24) is 0 Å². The zero-order chi connectivity index (χ0) is 43.5. The van der Waals surface area contributed by atoms with E-state index in [-0.39, 0.29) is 35.1 Å². The van der Waals surface area contributed by atoms with E-state index < -0.39 is 79.1 Å². The number of benzene rings is 5. The van der Waals surface area contributed by atoms with Crippen LogP contribution in [0, 0.1) is 63.2 Å². The average molecular weight is 931 g/mol. The van der Waals surface area contributed by atoms with Crippen LogP contribution in [0.5, 0.6) is 0 Å². The Morgan fingerprint density at radius 3 is 1.16 bits per heavy atom. The minimum Gasteiger partial charge on any atom is -0.166 e. The Bertz CT molecular complexity index is 1990. The van der Waals surface area contributed by atoms with Crippen LogP contribution in [-0.2, 0) is 41.8 Å². The van der Waals surface area contributed by atoms with Crippen LogP contribution < -0.4 is 26.5 Å². The van der Waals surface area contributed by atoms with E-state index in [4.69, 9.17) is 0 Å². The molecule has 0 nitrogen and oxygen atoms in total. The number of hydrogen-bond donors (Lipinski definition) is 0. The first-order valence-electron chi connectivity index (χ1n) is 18.0. The molecule has 2 saturated carbocycles. The number of alkyl halides is 12. The maximum atomic E-state index is 14.0. The molecule has 10 radical (unpaired) electrons. The standard InChI is InChI=1S/C41H27F12P2.C5H5.Fe/c1-25(26-16-17-27(18-26)36-14-8-9-15-37(36)55(32-10-4-2-5-11-32)33-12-6-3-7-13-33)54(34-21-28(38(42,43)44)19-29(22-34)39(45,46)47)35-23-30(40(48,49)50)20-31(24-35)41(51,52)53;1-2-4-5-3-1;/h2-25H,1H3;1-5H;/q;;+2/t25-;;/m0../s1. The average Bonchev–Trinajstić information content (AvgIpc) is 3.95. The smallest absolute Gasteiger partial charge is 0.166 e. The van der Waals surface area contributed by atoms with Crippen molar-refractivity contribution in [3.63, 3.8) is 0 Å². The molecule has 2 fully saturated rings. The predicted molar refractivity (Wildman–Crippen MR) is 214 cm³/mol. The Morgan fingerprint density at radius 1 is 0.426 bits per heavy atom. The maximum absolute atomic E-state index is 14.0. The zero-order valence-electron chi connectivity index (χ0n) is 31.5.